The van der Waals surface area contributed by atoms with Crippen molar-refractivity contribution in [1.29, 1.82) is 0 Å². The summed E-state index contributed by atoms with van der Waals surface area (Å²) < 4.78 is 10.5. The van der Waals surface area contributed by atoms with Gasteiger partial charge >= 0.3 is 5.97 Å². The molecule has 1 N–H and O–H groups in total. The van der Waals surface area contributed by atoms with Gasteiger partial charge < -0.3 is 19.7 Å². The van der Waals surface area contributed by atoms with Crippen LogP contribution in [0.15, 0.2) is 24.3 Å². The van der Waals surface area contributed by atoms with Gasteiger partial charge in [0.1, 0.15) is 16.8 Å². The summed E-state index contributed by atoms with van der Waals surface area (Å²) >= 11 is 1.61. The summed E-state index contributed by atoms with van der Waals surface area (Å²) in [6.07, 6.45) is 4.81. The number of benzene rings is 1. The number of hydrogen-bond donors (Lipinski definition) is 1. The first-order chi connectivity index (χ1) is 14.1. The van der Waals surface area contributed by atoms with Gasteiger partial charge in [-0.2, -0.15) is 0 Å². The van der Waals surface area contributed by atoms with Crippen LogP contribution < -0.4 is 15.0 Å². The number of amides is 1. The molecule has 1 amide bonds. The molecule has 0 radical (unpaired) electrons. The van der Waals surface area contributed by atoms with Crippen molar-refractivity contribution in [2.24, 2.45) is 0 Å². The lowest BCUT2D eigenvalue weighted by molar-refractivity contribution is -0.117. The number of esters is 1. The van der Waals surface area contributed by atoms with E-state index in [1.807, 2.05) is 31.2 Å². The Morgan fingerprint density at radius 1 is 1.24 bits per heavy atom. The molecule has 0 spiro atoms. The van der Waals surface area contributed by atoms with Crippen LogP contribution in [0.5, 0.6) is 5.75 Å². The van der Waals surface area contributed by atoms with Crippen LogP contribution in [0.2, 0.25) is 0 Å². The second kappa shape index (κ2) is 8.45. The Morgan fingerprint density at radius 3 is 2.72 bits per heavy atom. The number of rotatable bonds is 6. The van der Waals surface area contributed by atoms with Crippen LogP contribution >= 0.6 is 11.3 Å². The van der Waals surface area contributed by atoms with Gasteiger partial charge in [-0.1, -0.05) is 0 Å². The number of methoxy groups -OCH3 is 1. The van der Waals surface area contributed by atoms with Crippen LogP contribution in [0.25, 0.3) is 0 Å². The molecule has 7 heteroatoms. The maximum atomic E-state index is 13.0. The van der Waals surface area contributed by atoms with Crippen molar-refractivity contribution < 1.29 is 19.1 Å². The van der Waals surface area contributed by atoms with E-state index in [0.29, 0.717) is 25.1 Å². The van der Waals surface area contributed by atoms with Crippen LogP contribution in [0.3, 0.4) is 0 Å². The number of hydrogen-bond acceptors (Lipinski definition) is 6. The predicted molar refractivity (Wildman–Crippen MR) is 114 cm³/mol. The summed E-state index contributed by atoms with van der Waals surface area (Å²) in [5, 5.41) is 4.16. The highest BCUT2D eigenvalue weighted by molar-refractivity contribution is 7.16. The van der Waals surface area contributed by atoms with Gasteiger partial charge in [0.25, 0.3) is 0 Å². The first-order valence-electron chi connectivity index (χ1n) is 10.2. The fraction of sp³-hybridized carbons (Fsp3) is 0.455. The van der Waals surface area contributed by atoms with E-state index in [4.69, 9.17) is 9.47 Å². The lowest BCUT2D eigenvalue weighted by atomic mass is 9.95. The van der Waals surface area contributed by atoms with Crippen LogP contribution in [0, 0.1) is 0 Å². The van der Waals surface area contributed by atoms with Gasteiger partial charge in [-0.3, -0.25) is 4.79 Å². The zero-order valence-electron chi connectivity index (χ0n) is 16.8. The van der Waals surface area contributed by atoms with Crippen molar-refractivity contribution in [3.05, 3.63) is 40.3 Å². The van der Waals surface area contributed by atoms with Crippen molar-refractivity contribution >= 4 is 33.9 Å². The number of anilines is 2. The zero-order valence-corrected chi connectivity index (χ0v) is 17.6. The molecule has 1 aliphatic carbocycles. The Hall–Kier alpha value is -2.54. The number of carbonyl (C=O) groups excluding carboxylic acids is 2. The summed E-state index contributed by atoms with van der Waals surface area (Å²) in [6.45, 7) is 2.80. The highest BCUT2D eigenvalue weighted by atomic mass is 32.1. The average molecular weight is 415 g/mol. The first-order valence-corrected chi connectivity index (χ1v) is 11.0. The molecule has 1 aromatic carbocycles. The molecular weight excluding hydrogens is 388 g/mol. The molecule has 154 valence electrons. The van der Waals surface area contributed by atoms with E-state index in [2.05, 4.69) is 5.32 Å². The maximum absolute atomic E-state index is 13.0. The number of nitrogens with one attached hydrogen (secondary N) is 1. The molecule has 1 saturated heterocycles. The number of thiophene rings is 1. The predicted octanol–water partition coefficient (Wildman–Crippen LogP) is 4.03. The third kappa shape index (κ3) is 3.83. The first kappa shape index (κ1) is 19.8. The summed E-state index contributed by atoms with van der Waals surface area (Å²) in [5.41, 5.74) is 2.61. The van der Waals surface area contributed by atoms with Gasteiger partial charge in [0.15, 0.2) is 0 Å². The Balaban J connectivity index is 1.55. The minimum atomic E-state index is -0.342. The molecule has 1 atom stereocenters. The van der Waals surface area contributed by atoms with E-state index in [9.17, 15) is 9.59 Å². The van der Waals surface area contributed by atoms with Crippen LogP contribution in [0.4, 0.5) is 10.7 Å². The number of aryl methyl sites for hydroxylation is 1. The van der Waals surface area contributed by atoms with Crippen molar-refractivity contribution in [2.45, 2.75) is 45.1 Å². The summed E-state index contributed by atoms with van der Waals surface area (Å²) in [5.74, 6) is 0.501. The maximum Gasteiger partial charge on any atom is 0.341 e. The van der Waals surface area contributed by atoms with Gasteiger partial charge in [0.05, 0.1) is 19.3 Å². The second-order valence-corrected chi connectivity index (χ2v) is 8.41. The molecule has 4 rings (SSSR count). The SMILES string of the molecule is CCOC(=O)c1c(NC2CCN(c3ccc(OC)cc3)C2=O)sc2c1CCCC2. The quantitative estimate of drug-likeness (QED) is 0.723. The smallest absolute Gasteiger partial charge is 0.341 e. The van der Waals surface area contributed by atoms with Crippen molar-refractivity contribution in [3.63, 3.8) is 0 Å². The Labute approximate surface area is 174 Å². The Morgan fingerprint density at radius 2 is 2.00 bits per heavy atom. The fourth-order valence-electron chi connectivity index (χ4n) is 4.08. The van der Waals surface area contributed by atoms with Crippen LogP contribution in [-0.2, 0) is 22.4 Å². The van der Waals surface area contributed by atoms with Gasteiger partial charge in [0, 0.05) is 17.1 Å². The van der Waals surface area contributed by atoms with Gasteiger partial charge in [0.2, 0.25) is 5.91 Å². The van der Waals surface area contributed by atoms with Crippen LogP contribution in [-0.4, -0.2) is 38.2 Å². The number of nitrogens with zero attached hydrogens (tertiary/aromatic N) is 1. The topological polar surface area (TPSA) is 67.9 Å². The molecule has 1 fully saturated rings. The molecule has 0 bridgehead atoms. The minimum Gasteiger partial charge on any atom is -0.497 e. The summed E-state index contributed by atoms with van der Waals surface area (Å²) in [6, 6.07) is 7.16. The molecule has 2 aromatic rings. The van der Waals surface area contributed by atoms with E-state index in [-0.39, 0.29) is 17.9 Å². The third-order valence-electron chi connectivity index (χ3n) is 5.55. The summed E-state index contributed by atoms with van der Waals surface area (Å²) in [7, 11) is 1.62. The molecule has 2 aliphatic rings. The molecule has 0 saturated carbocycles. The fourth-order valence-corrected chi connectivity index (χ4v) is 5.41. The Bertz CT molecular complexity index is 906. The second-order valence-electron chi connectivity index (χ2n) is 7.31. The number of carbonyl (C=O) groups is 2. The molecule has 1 unspecified atom stereocenters. The minimum absolute atomic E-state index is 0.0244. The van der Waals surface area contributed by atoms with Gasteiger partial charge in [-0.25, -0.2) is 4.79 Å². The molecule has 1 aliphatic heterocycles. The van der Waals surface area contributed by atoms with Gasteiger partial charge in [-0.15, -0.1) is 11.3 Å². The standard InChI is InChI=1S/C22H26N2O4S/c1-3-28-22(26)19-16-6-4-5-7-18(16)29-20(19)23-17-12-13-24(21(17)25)14-8-10-15(27-2)11-9-14/h8-11,17,23H,3-7,12-13H2,1-2H3. The molecule has 2 heterocycles. The van der Waals surface area contributed by atoms with E-state index in [1.165, 1.54) is 4.88 Å². The van der Waals surface area contributed by atoms with E-state index in [0.717, 1.165) is 47.7 Å². The lowest BCUT2D eigenvalue weighted by Gasteiger charge is -2.18. The largest absolute Gasteiger partial charge is 0.497 e. The lowest BCUT2D eigenvalue weighted by Crippen LogP contribution is -2.33. The molecule has 1 aromatic heterocycles. The molecule has 6 nitrogen and oxygen atoms in total. The normalized spacial score (nSPS) is 18.5. The monoisotopic (exact) mass is 414 g/mol. The van der Waals surface area contributed by atoms with Gasteiger partial charge in [-0.05, 0) is 68.9 Å². The zero-order chi connectivity index (χ0) is 20.4. The van der Waals surface area contributed by atoms with E-state index < -0.39 is 0 Å². The van der Waals surface area contributed by atoms with E-state index in [1.54, 1.807) is 23.3 Å². The van der Waals surface area contributed by atoms with Crippen molar-refractivity contribution in [3.8, 4) is 5.75 Å². The molecular formula is C22H26N2O4S. The molecule has 29 heavy (non-hydrogen) atoms. The average Bonchev–Trinajstić information content (AvgIpc) is 3.29. The van der Waals surface area contributed by atoms with Crippen molar-refractivity contribution in [1.82, 2.24) is 0 Å². The highest BCUT2D eigenvalue weighted by Crippen LogP contribution is 2.39. The highest BCUT2D eigenvalue weighted by Gasteiger charge is 2.35. The summed E-state index contributed by atoms with van der Waals surface area (Å²) in [4.78, 5) is 28.7. The van der Waals surface area contributed by atoms with E-state index >= 15 is 0 Å². The van der Waals surface area contributed by atoms with Crippen molar-refractivity contribution in [2.75, 3.05) is 30.5 Å². The number of fused-ring (bicyclic) bond motifs is 1. The third-order valence-corrected chi connectivity index (χ3v) is 6.77. The van der Waals surface area contributed by atoms with Crippen LogP contribution in [0.1, 0.15) is 47.0 Å². The number of ether oxygens (including phenoxy) is 2. The Kier molecular flexibility index (Phi) is 5.76.